The molecule has 0 atom stereocenters. The third-order valence-corrected chi connectivity index (χ3v) is 3.15. The van der Waals surface area contributed by atoms with Crippen molar-refractivity contribution in [1.82, 2.24) is 9.38 Å². The van der Waals surface area contributed by atoms with Gasteiger partial charge in [0.2, 0.25) is 0 Å². The zero-order chi connectivity index (χ0) is 14.4. The fraction of sp³-hybridized carbons (Fsp3) is 0.0769. The number of nitriles is 1. The summed E-state index contributed by atoms with van der Waals surface area (Å²) in [5.74, 6) is 0. The van der Waals surface area contributed by atoms with Crippen LogP contribution in [0.2, 0.25) is 0 Å². The molecular weight excluding hydrogens is 260 g/mol. The van der Waals surface area contributed by atoms with Crippen LogP contribution in [0, 0.1) is 28.4 Å². The maximum absolute atomic E-state index is 12.1. The molecule has 7 nitrogen and oxygen atoms in total. The lowest BCUT2D eigenvalue weighted by Gasteiger charge is -1.98. The van der Waals surface area contributed by atoms with Gasteiger partial charge in [-0.05, 0) is 13.0 Å². The van der Waals surface area contributed by atoms with Crippen molar-refractivity contribution in [3.05, 3.63) is 56.0 Å². The number of hydrogen-bond acceptors (Lipinski definition) is 4. The highest BCUT2D eigenvalue weighted by Gasteiger charge is 2.17. The van der Waals surface area contributed by atoms with E-state index in [-0.39, 0.29) is 11.2 Å². The van der Waals surface area contributed by atoms with Crippen molar-refractivity contribution in [3.8, 4) is 6.07 Å². The van der Waals surface area contributed by atoms with Crippen LogP contribution in [0.25, 0.3) is 16.6 Å². The summed E-state index contributed by atoms with van der Waals surface area (Å²) in [6.07, 6.45) is 0. The number of aromatic nitrogens is 2. The molecule has 0 fully saturated rings. The average Bonchev–Trinajstić information content (AvgIpc) is 2.70. The molecule has 0 amide bonds. The summed E-state index contributed by atoms with van der Waals surface area (Å²) < 4.78 is 1.29. The summed E-state index contributed by atoms with van der Waals surface area (Å²) in [6, 6.07) is 7.52. The molecule has 7 heteroatoms. The molecular formula is C13H8N4O3. The molecule has 0 bridgehead atoms. The van der Waals surface area contributed by atoms with Gasteiger partial charge in [0.15, 0.2) is 0 Å². The number of fused-ring (bicyclic) bond motifs is 3. The van der Waals surface area contributed by atoms with Crippen LogP contribution >= 0.6 is 0 Å². The van der Waals surface area contributed by atoms with Gasteiger partial charge < -0.3 is 4.98 Å². The molecule has 2 aromatic heterocycles. The van der Waals surface area contributed by atoms with E-state index in [0.29, 0.717) is 27.8 Å². The zero-order valence-electron chi connectivity index (χ0n) is 10.4. The van der Waals surface area contributed by atoms with Crippen molar-refractivity contribution in [1.29, 1.82) is 5.26 Å². The Hall–Kier alpha value is -3.14. The first-order valence-corrected chi connectivity index (χ1v) is 5.75. The molecule has 0 aliphatic carbocycles. The normalized spacial score (nSPS) is 10.8. The Bertz CT molecular complexity index is 975. The Morgan fingerprint density at radius 3 is 2.80 bits per heavy atom. The van der Waals surface area contributed by atoms with Crippen LogP contribution in [0.5, 0.6) is 0 Å². The van der Waals surface area contributed by atoms with Crippen molar-refractivity contribution in [2.75, 3.05) is 0 Å². The van der Waals surface area contributed by atoms with Crippen LogP contribution in [0.15, 0.2) is 29.1 Å². The smallest absolute Gasteiger partial charge is 0.271 e. The van der Waals surface area contributed by atoms with E-state index in [1.54, 1.807) is 6.92 Å². The molecule has 1 aromatic carbocycles. The number of hydrogen-bond donors (Lipinski definition) is 1. The topological polar surface area (TPSA) is 104 Å². The Kier molecular flexibility index (Phi) is 2.34. The summed E-state index contributed by atoms with van der Waals surface area (Å²) in [7, 11) is 0. The maximum Gasteiger partial charge on any atom is 0.271 e. The lowest BCUT2D eigenvalue weighted by Crippen LogP contribution is -2.13. The van der Waals surface area contributed by atoms with Crippen LogP contribution in [0.4, 0.5) is 5.69 Å². The molecule has 3 aromatic rings. The number of nitro benzene ring substituents is 1. The van der Waals surface area contributed by atoms with Crippen LogP contribution in [-0.2, 0) is 0 Å². The van der Waals surface area contributed by atoms with Crippen molar-refractivity contribution in [2.45, 2.75) is 6.92 Å². The van der Waals surface area contributed by atoms with Gasteiger partial charge in [-0.3, -0.25) is 19.3 Å². The van der Waals surface area contributed by atoms with Gasteiger partial charge in [-0.15, -0.1) is 0 Å². The van der Waals surface area contributed by atoms with Crippen LogP contribution in [0.1, 0.15) is 11.3 Å². The summed E-state index contributed by atoms with van der Waals surface area (Å²) >= 11 is 0. The quantitative estimate of drug-likeness (QED) is 0.537. The molecule has 0 saturated heterocycles. The van der Waals surface area contributed by atoms with E-state index in [1.165, 1.54) is 28.7 Å². The van der Waals surface area contributed by atoms with E-state index in [1.807, 2.05) is 6.07 Å². The van der Waals surface area contributed by atoms with Gasteiger partial charge in [0.05, 0.1) is 10.4 Å². The summed E-state index contributed by atoms with van der Waals surface area (Å²) in [5, 5.41) is 20.6. The molecule has 0 spiro atoms. The third kappa shape index (κ3) is 1.48. The first-order valence-electron chi connectivity index (χ1n) is 5.75. The number of aromatic amines is 1. The van der Waals surface area contributed by atoms with E-state index in [0.717, 1.165) is 0 Å². The van der Waals surface area contributed by atoms with Gasteiger partial charge in [0.25, 0.3) is 11.2 Å². The molecule has 0 saturated carbocycles. The second-order valence-electron chi connectivity index (χ2n) is 4.42. The molecule has 0 aliphatic rings. The van der Waals surface area contributed by atoms with Gasteiger partial charge >= 0.3 is 0 Å². The number of nitrogens with zero attached hydrogens (tertiary/aromatic N) is 3. The molecule has 3 rings (SSSR count). The predicted octanol–water partition coefficient (Wildman–Crippen LogP) is 1.87. The van der Waals surface area contributed by atoms with Gasteiger partial charge in [0, 0.05) is 29.3 Å². The van der Waals surface area contributed by atoms with Gasteiger partial charge in [0.1, 0.15) is 17.3 Å². The van der Waals surface area contributed by atoms with E-state index in [4.69, 9.17) is 0 Å². The van der Waals surface area contributed by atoms with Gasteiger partial charge in [-0.2, -0.15) is 5.26 Å². The number of non-ortho nitro benzene ring substituents is 1. The minimum absolute atomic E-state index is 0.124. The highest BCUT2D eigenvalue weighted by molar-refractivity contribution is 5.94. The Morgan fingerprint density at radius 1 is 1.40 bits per heavy atom. The highest BCUT2D eigenvalue weighted by Crippen LogP contribution is 2.27. The standard InChI is InChI=1S/C13H8N4O3/c1-7-4-12(18)16-11-5-8(17(19)20)2-3-9(11)10(6-14)13(16)15-7/h2-5,15H,1H3. The van der Waals surface area contributed by atoms with Crippen LogP contribution < -0.4 is 5.56 Å². The predicted molar refractivity (Wildman–Crippen MR) is 71.6 cm³/mol. The number of nitrogens with one attached hydrogen (secondary N) is 1. The van der Waals surface area contributed by atoms with E-state index >= 15 is 0 Å². The molecule has 1 N–H and O–H groups in total. The Balaban J connectivity index is 2.62. The molecule has 0 unspecified atom stereocenters. The second-order valence-corrected chi connectivity index (χ2v) is 4.42. The van der Waals surface area contributed by atoms with E-state index < -0.39 is 4.92 Å². The summed E-state index contributed by atoms with van der Waals surface area (Å²) in [6.45, 7) is 1.71. The zero-order valence-corrected chi connectivity index (χ0v) is 10.4. The second kappa shape index (κ2) is 3.93. The van der Waals surface area contributed by atoms with Crippen molar-refractivity contribution in [2.24, 2.45) is 0 Å². The molecule has 0 aliphatic heterocycles. The third-order valence-electron chi connectivity index (χ3n) is 3.15. The number of benzene rings is 1. The summed E-state index contributed by atoms with van der Waals surface area (Å²) in [5.41, 5.74) is 1.18. The minimum atomic E-state index is -0.534. The number of rotatable bonds is 1. The molecule has 98 valence electrons. The Morgan fingerprint density at radius 2 is 2.15 bits per heavy atom. The van der Waals surface area contributed by atoms with Crippen molar-refractivity contribution < 1.29 is 4.92 Å². The van der Waals surface area contributed by atoms with Crippen molar-refractivity contribution in [3.63, 3.8) is 0 Å². The summed E-state index contributed by atoms with van der Waals surface area (Å²) in [4.78, 5) is 25.4. The minimum Gasteiger partial charge on any atom is -0.344 e. The first kappa shape index (κ1) is 11.9. The number of nitro groups is 1. The van der Waals surface area contributed by atoms with Crippen LogP contribution in [0.3, 0.4) is 0 Å². The fourth-order valence-corrected chi connectivity index (χ4v) is 2.32. The largest absolute Gasteiger partial charge is 0.344 e. The highest BCUT2D eigenvalue weighted by atomic mass is 16.6. The van der Waals surface area contributed by atoms with Crippen molar-refractivity contribution >= 4 is 22.2 Å². The van der Waals surface area contributed by atoms with Gasteiger partial charge in [-0.25, -0.2) is 0 Å². The maximum atomic E-state index is 12.1. The fourth-order valence-electron chi connectivity index (χ4n) is 2.32. The average molecular weight is 268 g/mol. The number of H-pyrrole nitrogens is 1. The SMILES string of the molecule is Cc1cc(=O)n2c([nH]1)c(C#N)c1ccc([N+](=O)[O-])cc12. The van der Waals surface area contributed by atoms with Crippen LogP contribution in [-0.4, -0.2) is 14.3 Å². The Labute approximate surface area is 111 Å². The molecule has 0 radical (unpaired) electrons. The lowest BCUT2D eigenvalue weighted by molar-refractivity contribution is -0.384. The lowest BCUT2D eigenvalue weighted by atomic mass is 10.2. The molecule has 20 heavy (non-hydrogen) atoms. The van der Waals surface area contributed by atoms with E-state index in [9.17, 15) is 20.2 Å². The van der Waals surface area contributed by atoms with Gasteiger partial charge in [-0.1, -0.05) is 0 Å². The monoisotopic (exact) mass is 268 g/mol. The molecule has 2 heterocycles. The number of aryl methyl sites for hydroxylation is 1. The first-order chi connectivity index (χ1) is 9.52. The van der Waals surface area contributed by atoms with E-state index in [2.05, 4.69) is 4.98 Å².